The lowest BCUT2D eigenvalue weighted by Crippen LogP contribution is -2.41. The number of pyridine rings is 1. The molecule has 1 aliphatic rings. The summed E-state index contributed by atoms with van der Waals surface area (Å²) in [6.45, 7) is 7.98. The Hall–Kier alpha value is -2.11. The number of hydrogen-bond acceptors (Lipinski definition) is 4. The van der Waals surface area contributed by atoms with E-state index in [0.29, 0.717) is 19.0 Å². The van der Waals surface area contributed by atoms with E-state index in [0.717, 1.165) is 30.5 Å². The Bertz CT molecular complexity index is 626. The van der Waals surface area contributed by atoms with Gasteiger partial charge in [0.15, 0.2) is 0 Å². The summed E-state index contributed by atoms with van der Waals surface area (Å²) >= 11 is 0. The highest BCUT2D eigenvalue weighted by Gasteiger charge is 2.24. The topological polar surface area (TPSA) is 74.8 Å². The Balaban J connectivity index is 1.77. The van der Waals surface area contributed by atoms with Gasteiger partial charge in [-0.15, -0.1) is 0 Å². The molecule has 2 rings (SSSR count). The van der Waals surface area contributed by atoms with E-state index >= 15 is 0 Å². The molecule has 24 heavy (non-hydrogen) atoms. The third kappa shape index (κ3) is 5.51. The minimum Gasteiger partial charge on any atom is -0.391 e. The summed E-state index contributed by atoms with van der Waals surface area (Å²) in [6.07, 6.45) is 4.01. The van der Waals surface area contributed by atoms with Crippen molar-refractivity contribution in [3.05, 3.63) is 34.2 Å². The number of piperidine rings is 1. The van der Waals surface area contributed by atoms with Crippen LogP contribution in [0.2, 0.25) is 0 Å². The number of aromatic nitrogens is 1. The van der Waals surface area contributed by atoms with Crippen molar-refractivity contribution in [2.45, 2.75) is 46.6 Å². The maximum atomic E-state index is 12.4. The van der Waals surface area contributed by atoms with Crippen molar-refractivity contribution in [3.63, 3.8) is 0 Å². The Labute approximate surface area is 142 Å². The van der Waals surface area contributed by atoms with Crippen molar-refractivity contribution >= 4 is 11.6 Å². The van der Waals surface area contributed by atoms with Gasteiger partial charge < -0.3 is 14.7 Å². The van der Waals surface area contributed by atoms with Gasteiger partial charge in [-0.2, -0.15) is 0 Å². The van der Waals surface area contributed by atoms with E-state index in [-0.39, 0.29) is 24.0 Å². The summed E-state index contributed by atoms with van der Waals surface area (Å²) in [5, 5.41) is 4.16. The first kappa shape index (κ1) is 18.2. The number of likely N-dealkylation sites (tertiary alicyclic amines) is 1. The van der Waals surface area contributed by atoms with Gasteiger partial charge in [-0.25, -0.2) is 0 Å². The minimum absolute atomic E-state index is 0.0795. The lowest BCUT2D eigenvalue weighted by molar-refractivity contribution is -0.135. The molecule has 0 aromatic carbocycles. The molecule has 0 saturated carbocycles. The number of H-pyrrole nitrogens is 1. The zero-order valence-corrected chi connectivity index (χ0v) is 14.7. The number of carbonyl (C=O) groups excluding carboxylic acids is 1. The van der Waals surface area contributed by atoms with Crippen LogP contribution in [0.1, 0.15) is 45.6 Å². The molecule has 1 atom stereocenters. The molecule has 6 heteroatoms. The molecule has 0 spiro atoms. The van der Waals surface area contributed by atoms with Gasteiger partial charge in [0.1, 0.15) is 6.61 Å². The normalized spacial score (nSPS) is 16.2. The van der Waals surface area contributed by atoms with Gasteiger partial charge in [0.25, 0.3) is 0 Å². The second-order valence-electron chi connectivity index (χ2n) is 6.85. The minimum atomic E-state index is -0.147. The molecule has 0 bridgehead atoms. The molecule has 1 amide bonds. The van der Waals surface area contributed by atoms with Crippen LogP contribution in [0, 0.1) is 11.8 Å². The van der Waals surface area contributed by atoms with Crippen molar-refractivity contribution in [3.8, 4) is 0 Å². The molecule has 0 aliphatic carbocycles. The van der Waals surface area contributed by atoms with E-state index in [1.165, 1.54) is 6.07 Å². The smallest absolute Gasteiger partial charge is 0.248 e. The molecule has 1 aliphatic heterocycles. The summed E-state index contributed by atoms with van der Waals surface area (Å²) in [7, 11) is 0. The van der Waals surface area contributed by atoms with Crippen LogP contribution in [-0.2, 0) is 16.2 Å². The first-order chi connectivity index (χ1) is 11.5. The van der Waals surface area contributed by atoms with E-state index in [4.69, 9.17) is 4.84 Å². The van der Waals surface area contributed by atoms with Crippen LogP contribution in [0.3, 0.4) is 0 Å². The molecular weight excluding hydrogens is 306 g/mol. The SMILES string of the molecule is CC(C)CC(C)C(=O)N1CCC(=NOCc2cc[nH]c(=O)c2)CC1. The highest BCUT2D eigenvalue weighted by molar-refractivity contribution is 5.87. The highest BCUT2D eigenvalue weighted by Crippen LogP contribution is 2.17. The van der Waals surface area contributed by atoms with Gasteiger partial charge in [0.05, 0.1) is 5.71 Å². The van der Waals surface area contributed by atoms with Crippen LogP contribution in [0.4, 0.5) is 0 Å². The predicted octanol–water partition coefficient (Wildman–Crippen LogP) is 2.55. The van der Waals surface area contributed by atoms with E-state index < -0.39 is 0 Å². The quantitative estimate of drug-likeness (QED) is 0.813. The summed E-state index contributed by atoms with van der Waals surface area (Å²) in [4.78, 5) is 33.4. The maximum absolute atomic E-state index is 12.4. The predicted molar refractivity (Wildman–Crippen MR) is 93.7 cm³/mol. The molecule has 1 aromatic rings. The summed E-state index contributed by atoms with van der Waals surface area (Å²) < 4.78 is 0. The number of oxime groups is 1. The Morgan fingerprint density at radius 1 is 1.33 bits per heavy atom. The van der Waals surface area contributed by atoms with Gasteiger partial charge in [-0.3, -0.25) is 9.59 Å². The summed E-state index contributed by atoms with van der Waals surface area (Å²) in [6, 6.07) is 3.29. The van der Waals surface area contributed by atoms with Crippen LogP contribution in [0.15, 0.2) is 28.3 Å². The third-order valence-corrected chi connectivity index (χ3v) is 4.16. The van der Waals surface area contributed by atoms with Gasteiger partial charge >= 0.3 is 0 Å². The summed E-state index contributed by atoms with van der Waals surface area (Å²) in [5.74, 6) is 0.854. The number of nitrogens with zero attached hydrogens (tertiary/aromatic N) is 2. The molecule has 1 saturated heterocycles. The molecule has 1 fully saturated rings. The molecular formula is C18H27N3O3. The van der Waals surface area contributed by atoms with Crippen LogP contribution < -0.4 is 5.56 Å². The zero-order chi connectivity index (χ0) is 17.5. The maximum Gasteiger partial charge on any atom is 0.248 e. The molecule has 132 valence electrons. The van der Waals surface area contributed by atoms with Crippen molar-refractivity contribution in [1.29, 1.82) is 0 Å². The van der Waals surface area contributed by atoms with Crippen LogP contribution in [0.25, 0.3) is 0 Å². The number of hydrogen-bond donors (Lipinski definition) is 1. The Morgan fingerprint density at radius 2 is 2.04 bits per heavy atom. The van der Waals surface area contributed by atoms with Crippen molar-refractivity contribution in [2.24, 2.45) is 17.0 Å². The molecule has 1 N–H and O–H groups in total. The van der Waals surface area contributed by atoms with Crippen molar-refractivity contribution < 1.29 is 9.63 Å². The molecule has 1 aromatic heterocycles. The van der Waals surface area contributed by atoms with Crippen LogP contribution >= 0.6 is 0 Å². The fraction of sp³-hybridized carbons (Fsp3) is 0.611. The lowest BCUT2D eigenvalue weighted by atomic mass is 9.96. The van der Waals surface area contributed by atoms with Crippen molar-refractivity contribution in [2.75, 3.05) is 13.1 Å². The number of aromatic amines is 1. The monoisotopic (exact) mass is 333 g/mol. The largest absolute Gasteiger partial charge is 0.391 e. The van der Waals surface area contributed by atoms with Gasteiger partial charge in [-0.1, -0.05) is 25.9 Å². The zero-order valence-electron chi connectivity index (χ0n) is 14.7. The van der Waals surface area contributed by atoms with E-state index in [2.05, 4.69) is 24.0 Å². The molecule has 2 heterocycles. The molecule has 6 nitrogen and oxygen atoms in total. The van der Waals surface area contributed by atoms with Gasteiger partial charge in [0.2, 0.25) is 11.5 Å². The summed E-state index contributed by atoms with van der Waals surface area (Å²) in [5.41, 5.74) is 1.62. The van der Waals surface area contributed by atoms with Crippen LogP contribution in [-0.4, -0.2) is 34.6 Å². The fourth-order valence-electron chi connectivity index (χ4n) is 2.97. The second-order valence-corrected chi connectivity index (χ2v) is 6.85. The van der Waals surface area contributed by atoms with E-state index in [1.54, 1.807) is 12.3 Å². The number of carbonyl (C=O) groups is 1. The number of nitrogens with one attached hydrogen (secondary N) is 1. The number of rotatable bonds is 6. The third-order valence-electron chi connectivity index (χ3n) is 4.16. The first-order valence-corrected chi connectivity index (χ1v) is 8.60. The van der Waals surface area contributed by atoms with E-state index in [1.807, 2.05) is 11.8 Å². The lowest BCUT2D eigenvalue weighted by Gasteiger charge is -2.30. The number of amides is 1. The molecule has 1 unspecified atom stereocenters. The average molecular weight is 333 g/mol. The average Bonchev–Trinajstić information content (AvgIpc) is 2.54. The fourth-order valence-corrected chi connectivity index (χ4v) is 2.97. The first-order valence-electron chi connectivity index (χ1n) is 8.60. The Kier molecular flexibility index (Phi) is 6.58. The standard InChI is InChI=1S/C18H27N3O3/c1-13(2)10-14(3)18(23)21-8-5-16(6-9-21)20-24-12-15-4-7-19-17(22)11-15/h4,7,11,13-14H,5-6,8-10,12H2,1-3H3,(H,19,22). The highest BCUT2D eigenvalue weighted by atomic mass is 16.6. The second kappa shape index (κ2) is 8.66. The molecule has 0 radical (unpaired) electrons. The van der Waals surface area contributed by atoms with Gasteiger partial charge in [-0.05, 0) is 24.0 Å². The van der Waals surface area contributed by atoms with Crippen molar-refractivity contribution in [1.82, 2.24) is 9.88 Å². The Morgan fingerprint density at radius 3 is 2.67 bits per heavy atom. The van der Waals surface area contributed by atoms with E-state index in [9.17, 15) is 9.59 Å². The van der Waals surface area contributed by atoms with Crippen LogP contribution in [0.5, 0.6) is 0 Å². The van der Waals surface area contributed by atoms with Gasteiger partial charge in [0, 0.05) is 44.1 Å².